The molecule has 54 heavy (non-hydrogen) atoms. The second-order valence-electron chi connectivity index (χ2n) is 13.1. The van der Waals surface area contributed by atoms with E-state index in [4.69, 9.17) is 15.0 Å². The number of hydrogen-bond donors (Lipinski definition) is 0. The molecule has 0 amide bonds. The maximum atomic E-state index is 5.53. The lowest BCUT2D eigenvalue weighted by Gasteiger charge is -2.20. The molecule has 1 unspecified atom stereocenters. The summed E-state index contributed by atoms with van der Waals surface area (Å²) >= 11 is 0. The van der Waals surface area contributed by atoms with Gasteiger partial charge in [-0.15, -0.1) is 0 Å². The van der Waals surface area contributed by atoms with Gasteiger partial charge in [0.1, 0.15) is 0 Å². The number of pyridine rings is 4. The Morgan fingerprint density at radius 2 is 0.944 bits per heavy atom. The number of allylic oxidation sites excluding steroid dienone is 4. The Hall–Kier alpha value is -7.18. The second kappa shape index (κ2) is 14.8. The third-order valence-corrected chi connectivity index (χ3v) is 9.57. The van der Waals surface area contributed by atoms with Crippen molar-refractivity contribution in [2.75, 3.05) is 0 Å². The van der Waals surface area contributed by atoms with E-state index < -0.39 is 0 Å². The van der Waals surface area contributed by atoms with Crippen LogP contribution in [0.3, 0.4) is 0 Å². The number of aromatic nitrogens is 6. The molecule has 5 aromatic heterocycles. The summed E-state index contributed by atoms with van der Waals surface area (Å²) in [7, 11) is 0. The smallest absolute Gasteiger partial charge is 0.0973 e. The molecule has 9 rings (SSSR count). The molecule has 5 heterocycles. The molecule has 0 fully saturated rings. The van der Waals surface area contributed by atoms with Crippen molar-refractivity contribution in [2.45, 2.75) is 12.3 Å². The summed E-state index contributed by atoms with van der Waals surface area (Å²) < 4.78 is 0. The summed E-state index contributed by atoms with van der Waals surface area (Å²) in [5, 5.41) is 0. The molecular weight excluding hydrogens is 661 g/mol. The van der Waals surface area contributed by atoms with Crippen LogP contribution in [-0.2, 0) is 0 Å². The summed E-state index contributed by atoms with van der Waals surface area (Å²) in [4.78, 5) is 29.9. The maximum absolute atomic E-state index is 5.53. The predicted octanol–water partition coefficient (Wildman–Crippen LogP) is 11.3. The third-order valence-electron chi connectivity index (χ3n) is 9.57. The van der Waals surface area contributed by atoms with Crippen molar-refractivity contribution in [3.05, 3.63) is 194 Å². The van der Waals surface area contributed by atoms with Gasteiger partial charge >= 0.3 is 0 Å². The number of benzene rings is 3. The van der Waals surface area contributed by atoms with E-state index in [9.17, 15) is 0 Å². The van der Waals surface area contributed by atoms with Crippen LogP contribution in [0.25, 0.3) is 78.9 Å². The number of nitrogens with zero attached hydrogens (tertiary/aromatic N) is 6. The first-order valence-electron chi connectivity index (χ1n) is 18.0. The lowest BCUT2D eigenvalue weighted by molar-refractivity contribution is 0.812. The third kappa shape index (κ3) is 6.76. The lowest BCUT2D eigenvalue weighted by atomic mass is 9.91. The summed E-state index contributed by atoms with van der Waals surface area (Å²) in [5.74, 6) is 0.0974. The minimum atomic E-state index is 0.0974. The van der Waals surface area contributed by atoms with E-state index in [-0.39, 0.29) is 5.92 Å². The normalized spacial score (nSPS) is 13.5. The van der Waals surface area contributed by atoms with Crippen LogP contribution in [0, 0.1) is 0 Å². The molecule has 0 saturated heterocycles. The van der Waals surface area contributed by atoms with Gasteiger partial charge in [-0.25, -0.2) is 15.0 Å². The Morgan fingerprint density at radius 1 is 0.370 bits per heavy atom. The molecule has 0 N–H and O–H groups in total. The first-order chi connectivity index (χ1) is 26.8. The van der Waals surface area contributed by atoms with E-state index in [1.54, 1.807) is 12.4 Å². The fraction of sp³-hybridized carbons (Fsp3) is 0.0417. The van der Waals surface area contributed by atoms with Crippen LogP contribution in [0.2, 0.25) is 0 Å². The zero-order valence-corrected chi connectivity index (χ0v) is 29.4. The summed E-state index contributed by atoms with van der Waals surface area (Å²) in [6.07, 6.45) is 14.9. The van der Waals surface area contributed by atoms with Crippen molar-refractivity contribution in [2.24, 2.45) is 0 Å². The summed E-state index contributed by atoms with van der Waals surface area (Å²) in [5.41, 5.74) is 13.7. The Labute approximate surface area is 314 Å². The first-order valence-corrected chi connectivity index (χ1v) is 18.0. The lowest BCUT2D eigenvalue weighted by Crippen LogP contribution is -2.08. The average molecular weight is 695 g/mol. The van der Waals surface area contributed by atoms with Crippen LogP contribution < -0.4 is 0 Å². The molecular formula is C48H34N6. The molecule has 1 atom stereocenters. The van der Waals surface area contributed by atoms with Gasteiger partial charge in [-0.2, -0.15) is 0 Å². The zero-order valence-electron chi connectivity index (χ0n) is 29.4. The second-order valence-corrected chi connectivity index (χ2v) is 13.1. The van der Waals surface area contributed by atoms with E-state index in [0.29, 0.717) is 0 Å². The van der Waals surface area contributed by atoms with Crippen molar-refractivity contribution in [1.29, 1.82) is 0 Å². The summed E-state index contributed by atoms with van der Waals surface area (Å²) in [6, 6.07) is 49.3. The highest BCUT2D eigenvalue weighted by molar-refractivity contribution is 5.84. The van der Waals surface area contributed by atoms with Gasteiger partial charge < -0.3 is 0 Å². The zero-order chi connectivity index (χ0) is 36.1. The Balaban J connectivity index is 1.20. The quantitative estimate of drug-likeness (QED) is 0.158. The molecule has 0 radical (unpaired) electrons. The fourth-order valence-electron chi connectivity index (χ4n) is 6.87. The Kier molecular flexibility index (Phi) is 8.97. The predicted molar refractivity (Wildman–Crippen MR) is 217 cm³/mol. The molecule has 0 spiro atoms. The standard InChI is InChI=1S/C48H34N6/c1-3-14-34(15-4-1)45-46(35-16-5-2-6-17-35)54-48(38-19-13-18-37(30-38)40-20-7-10-27-49-40)47(53-45)36-25-23-33(24-26-36)39-31-43(41-21-8-11-28-50-41)52-44(32-39)42-22-9-12-29-51-42/h1-16,18-32,35H,17H2. The fourth-order valence-corrected chi connectivity index (χ4v) is 6.87. The molecule has 0 saturated carbocycles. The van der Waals surface area contributed by atoms with Gasteiger partial charge in [0.2, 0.25) is 0 Å². The SMILES string of the molecule is C1=CCC(c2nc(-c3cccc(-c4ccccn4)c3)c(-c3ccc(-c4cc(-c5ccccn5)nc(-c5ccccn5)c4)cc3)nc2-c2ccccc2)C=C1. The van der Waals surface area contributed by atoms with Crippen molar-refractivity contribution < 1.29 is 0 Å². The van der Waals surface area contributed by atoms with Crippen molar-refractivity contribution in [3.8, 4) is 78.9 Å². The largest absolute Gasteiger partial charge is 0.256 e. The Morgan fingerprint density at radius 3 is 1.57 bits per heavy atom. The highest BCUT2D eigenvalue weighted by atomic mass is 14.9. The Bertz CT molecular complexity index is 2550. The van der Waals surface area contributed by atoms with E-state index >= 15 is 0 Å². The van der Waals surface area contributed by atoms with Crippen LogP contribution in [0.15, 0.2) is 188 Å². The van der Waals surface area contributed by atoms with Gasteiger partial charge in [0.25, 0.3) is 0 Å². The molecule has 6 heteroatoms. The first kappa shape index (κ1) is 32.7. The molecule has 6 nitrogen and oxygen atoms in total. The molecule has 0 bridgehead atoms. The van der Waals surface area contributed by atoms with Crippen LogP contribution in [-0.4, -0.2) is 29.9 Å². The van der Waals surface area contributed by atoms with E-state index in [1.807, 2.05) is 66.9 Å². The van der Waals surface area contributed by atoms with Crippen LogP contribution in [0.4, 0.5) is 0 Å². The highest BCUT2D eigenvalue weighted by Crippen LogP contribution is 2.39. The molecule has 1 aliphatic rings. The number of rotatable bonds is 8. The highest BCUT2D eigenvalue weighted by Gasteiger charge is 2.23. The van der Waals surface area contributed by atoms with Crippen molar-refractivity contribution in [1.82, 2.24) is 29.9 Å². The molecule has 0 aliphatic heterocycles. The monoisotopic (exact) mass is 694 g/mol. The van der Waals surface area contributed by atoms with Gasteiger partial charge in [0.15, 0.2) is 0 Å². The van der Waals surface area contributed by atoms with Gasteiger partial charge in [0, 0.05) is 46.8 Å². The maximum Gasteiger partial charge on any atom is 0.0973 e. The minimum absolute atomic E-state index is 0.0974. The van der Waals surface area contributed by atoms with Crippen LogP contribution in [0.5, 0.6) is 0 Å². The average Bonchev–Trinajstić information content (AvgIpc) is 3.27. The van der Waals surface area contributed by atoms with Gasteiger partial charge in [-0.05, 0) is 72.1 Å². The molecule has 3 aromatic carbocycles. The van der Waals surface area contributed by atoms with E-state index in [0.717, 1.165) is 91.0 Å². The number of hydrogen-bond acceptors (Lipinski definition) is 6. The van der Waals surface area contributed by atoms with E-state index in [1.165, 1.54) is 0 Å². The summed E-state index contributed by atoms with van der Waals surface area (Å²) in [6.45, 7) is 0. The van der Waals surface area contributed by atoms with Gasteiger partial charge in [-0.1, -0.05) is 115 Å². The van der Waals surface area contributed by atoms with Crippen LogP contribution in [0.1, 0.15) is 18.0 Å². The minimum Gasteiger partial charge on any atom is -0.256 e. The van der Waals surface area contributed by atoms with Gasteiger partial charge in [0.05, 0.1) is 51.2 Å². The van der Waals surface area contributed by atoms with E-state index in [2.05, 4.69) is 124 Å². The van der Waals surface area contributed by atoms with Crippen molar-refractivity contribution in [3.63, 3.8) is 0 Å². The van der Waals surface area contributed by atoms with Gasteiger partial charge in [-0.3, -0.25) is 15.0 Å². The van der Waals surface area contributed by atoms with Crippen molar-refractivity contribution >= 4 is 0 Å². The molecule has 1 aliphatic carbocycles. The molecule has 8 aromatic rings. The topological polar surface area (TPSA) is 77.3 Å². The molecule has 256 valence electrons. The van der Waals surface area contributed by atoms with Crippen LogP contribution >= 0.6 is 0 Å².